The van der Waals surface area contributed by atoms with Gasteiger partial charge in [-0.2, -0.15) is 0 Å². The molecule has 2 heterocycles. The molecular formula is C26H30N4O6. The van der Waals surface area contributed by atoms with Gasteiger partial charge >= 0.3 is 12.0 Å². The van der Waals surface area contributed by atoms with Crippen LogP contribution in [0.2, 0.25) is 0 Å². The summed E-state index contributed by atoms with van der Waals surface area (Å²) in [5.41, 5.74) is 2.06. The van der Waals surface area contributed by atoms with Crippen molar-refractivity contribution in [3.8, 4) is 11.5 Å². The predicted molar refractivity (Wildman–Crippen MR) is 133 cm³/mol. The maximum atomic E-state index is 13.0. The van der Waals surface area contributed by atoms with Gasteiger partial charge < -0.3 is 30.2 Å². The van der Waals surface area contributed by atoms with Gasteiger partial charge in [0.15, 0.2) is 11.5 Å². The van der Waals surface area contributed by atoms with Crippen molar-refractivity contribution in [2.24, 2.45) is 0 Å². The maximum Gasteiger partial charge on any atom is 0.338 e. The van der Waals surface area contributed by atoms with Crippen molar-refractivity contribution in [1.29, 1.82) is 0 Å². The number of hydrogen-bond acceptors (Lipinski definition) is 7. The van der Waals surface area contributed by atoms with Gasteiger partial charge in [0.2, 0.25) is 5.91 Å². The molecule has 0 aromatic heterocycles. The number of rotatable bonds is 9. The molecule has 2 aliphatic rings. The van der Waals surface area contributed by atoms with Crippen molar-refractivity contribution in [2.45, 2.75) is 19.9 Å². The molecule has 0 spiro atoms. The lowest BCUT2D eigenvalue weighted by Gasteiger charge is -2.31. The van der Waals surface area contributed by atoms with E-state index in [1.807, 2.05) is 42.2 Å². The van der Waals surface area contributed by atoms with Gasteiger partial charge in [-0.25, -0.2) is 9.59 Å². The molecule has 2 aromatic carbocycles. The van der Waals surface area contributed by atoms with E-state index in [1.54, 1.807) is 25.1 Å². The number of nitrogens with zero attached hydrogens (tertiary/aromatic N) is 1. The predicted octanol–water partition coefficient (Wildman–Crippen LogP) is 2.59. The fraction of sp³-hybridized carbons (Fsp3) is 0.346. The number of carbonyl (C=O) groups excluding carboxylic acids is 3. The van der Waals surface area contributed by atoms with Gasteiger partial charge in [-0.05, 0) is 31.2 Å². The molecule has 2 aromatic rings. The second-order valence-electron chi connectivity index (χ2n) is 8.26. The van der Waals surface area contributed by atoms with E-state index in [1.165, 1.54) is 0 Å². The molecule has 10 heteroatoms. The van der Waals surface area contributed by atoms with Crippen molar-refractivity contribution in [3.63, 3.8) is 0 Å². The van der Waals surface area contributed by atoms with E-state index in [0.717, 1.165) is 5.56 Å². The fourth-order valence-corrected chi connectivity index (χ4v) is 4.12. The molecule has 2 aliphatic heterocycles. The quantitative estimate of drug-likeness (QED) is 0.459. The molecule has 10 nitrogen and oxygen atoms in total. The van der Waals surface area contributed by atoms with Crippen LogP contribution in [0.4, 0.5) is 10.5 Å². The third-order valence-corrected chi connectivity index (χ3v) is 5.80. The highest BCUT2D eigenvalue weighted by Crippen LogP contribution is 2.32. The summed E-state index contributed by atoms with van der Waals surface area (Å²) >= 11 is 0. The molecule has 3 N–H and O–H groups in total. The topological polar surface area (TPSA) is 118 Å². The van der Waals surface area contributed by atoms with Crippen LogP contribution in [0.25, 0.3) is 0 Å². The first-order chi connectivity index (χ1) is 17.5. The Hall–Kier alpha value is -4.05. The zero-order valence-electron chi connectivity index (χ0n) is 20.3. The van der Waals surface area contributed by atoms with Crippen LogP contribution in [-0.2, 0) is 14.3 Å². The molecule has 0 aliphatic carbocycles. The van der Waals surface area contributed by atoms with Crippen LogP contribution >= 0.6 is 0 Å². The molecule has 190 valence electrons. The van der Waals surface area contributed by atoms with Gasteiger partial charge in [0.05, 0.1) is 24.8 Å². The lowest BCUT2D eigenvalue weighted by atomic mass is 9.95. The van der Waals surface area contributed by atoms with Crippen LogP contribution in [0.3, 0.4) is 0 Å². The number of urea groups is 1. The maximum absolute atomic E-state index is 13.0. The van der Waals surface area contributed by atoms with E-state index in [9.17, 15) is 14.4 Å². The standard InChI is InChI=1S/C26H30N4O6/c1-3-30(16-22(31)27-18-10-11-20-21(14-18)36-13-12-35-20)15-19-23(25(32)34-4-2)24(29-26(33)28-19)17-8-6-5-7-9-17/h5-11,14,24H,3-4,12-13,15-16H2,1-2H3,(H,27,31)(H2,28,29,33). The molecule has 1 atom stereocenters. The first-order valence-electron chi connectivity index (χ1n) is 11.9. The van der Waals surface area contributed by atoms with Crippen molar-refractivity contribution in [3.05, 3.63) is 65.4 Å². The Balaban J connectivity index is 1.52. The highest BCUT2D eigenvalue weighted by atomic mass is 16.6. The van der Waals surface area contributed by atoms with Gasteiger partial charge in [0.1, 0.15) is 13.2 Å². The zero-order chi connectivity index (χ0) is 25.5. The normalized spacial score (nSPS) is 16.8. The van der Waals surface area contributed by atoms with Crippen molar-refractivity contribution in [2.75, 3.05) is 44.8 Å². The van der Waals surface area contributed by atoms with E-state index < -0.39 is 18.0 Å². The van der Waals surface area contributed by atoms with E-state index in [-0.39, 0.29) is 25.6 Å². The third-order valence-electron chi connectivity index (χ3n) is 5.80. The van der Waals surface area contributed by atoms with E-state index in [0.29, 0.717) is 48.2 Å². The smallest absolute Gasteiger partial charge is 0.338 e. The van der Waals surface area contributed by atoms with Crippen LogP contribution in [0, 0.1) is 0 Å². The lowest BCUT2D eigenvalue weighted by Crippen LogP contribution is -2.49. The van der Waals surface area contributed by atoms with Crippen LogP contribution < -0.4 is 25.4 Å². The minimum absolute atomic E-state index is 0.0455. The second-order valence-corrected chi connectivity index (χ2v) is 8.26. The molecule has 3 amide bonds. The molecule has 0 bridgehead atoms. The number of esters is 1. The third kappa shape index (κ3) is 5.95. The number of anilines is 1. The summed E-state index contributed by atoms with van der Waals surface area (Å²) in [5, 5.41) is 8.43. The molecule has 0 radical (unpaired) electrons. The van der Waals surface area contributed by atoms with Gasteiger partial charge in [-0.15, -0.1) is 0 Å². The van der Waals surface area contributed by atoms with Crippen LogP contribution in [0.15, 0.2) is 59.8 Å². The molecular weight excluding hydrogens is 464 g/mol. The zero-order valence-corrected chi connectivity index (χ0v) is 20.3. The van der Waals surface area contributed by atoms with E-state index >= 15 is 0 Å². The van der Waals surface area contributed by atoms with Crippen LogP contribution in [0.5, 0.6) is 11.5 Å². The Morgan fingerprint density at radius 1 is 1.08 bits per heavy atom. The Kier molecular flexibility index (Phi) is 8.06. The summed E-state index contributed by atoms with van der Waals surface area (Å²) < 4.78 is 16.4. The minimum atomic E-state index is -0.667. The highest BCUT2D eigenvalue weighted by molar-refractivity contribution is 5.95. The number of nitrogens with one attached hydrogen (secondary N) is 3. The lowest BCUT2D eigenvalue weighted by molar-refractivity contribution is -0.139. The van der Waals surface area contributed by atoms with Gasteiger partial charge in [-0.1, -0.05) is 37.3 Å². The van der Waals surface area contributed by atoms with Crippen molar-refractivity contribution in [1.82, 2.24) is 15.5 Å². The van der Waals surface area contributed by atoms with Gasteiger partial charge in [-0.3, -0.25) is 9.69 Å². The summed E-state index contributed by atoms with van der Waals surface area (Å²) in [7, 11) is 0. The molecule has 0 saturated carbocycles. The Morgan fingerprint density at radius 3 is 2.56 bits per heavy atom. The number of amides is 3. The Labute approximate surface area is 209 Å². The number of fused-ring (bicyclic) bond motifs is 1. The van der Waals surface area contributed by atoms with Crippen molar-refractivity contribution >= 4 is 23.6 Å². The number of hydrogen-bond donors (Lipinski definition) is 3. The second kappa shape index (κ2) is 11.6. The largest absolute Gasteiger partial charge is 0.486 e. The summed E-state index contributed by atoms with van der Waals surface area (Å²) in [5.74, 6) is 0.458. The average Bonchev–Trinajstić information content (AvgIpc) is 2.88. The minimum Gasteiger partial charge on any atom is -0.486 e. The SMILES string of the molecule is CCOC(=O)C1=C(CN(CC)CC(=O)Nc2ccc3c(c2)OCCO3)NC(=O)NC1c1ccccc1. The molecule has 0 fully saturated rings. The average molecular weight is 495 g/mol. The van der Waals surface area contributed by atoms with Crippen LogP contribution in [0.1, 0.15) is 25.5 Å². The summed E-state index contributed by atoms with van der Waals surface area (Å²) in [4.78, 5) is 40.1. The Bertz CT molecular complexity index is 1150. The van der Waals surface area contributed by atoms with Gasteiger partial charge in [0, 0.05) is 24.0 Å². The van der Waals surface area contributed by atoms with Gasteiger partial charge in [0.25, 0.3) is 0 Å². The summed E-state index contributed by atoms with van der Waals surface area (Å²) in [6, 6.07) is 13.4. The molecule has 4 rings (SSSR count). The molecule has 36 heavy (non-hydrogen) atoms. The summed E-state index contributed by atoms with van der Waals surface area (Å²) in [6.45, 7) is 5.50. The van der Waals surface area contributed by atoms with E-state index in [4.69, 9.17) is 14.2 Å². The number of benzene rings is 2. The number of likely N-dealkylation sites (N-methyl/N-ethyl adjacent to an activating group) is 1. The Morgan fingerprint density at radius 2 is 1.83 bits per heavy atom. The first-order valence-corrected chi connectivity index (χ1v) is 11.9. The number of carbonyl (C=O) groups is 3. The monoisotopic (exact) mass is 494 g/mol. The molecule has 0 saturated heterocycles. The van der Waals surface area contributed by atoms with Crippen LogP contribution in [-0.4, -0.2) is 62.3 Å². The summed E-state index contributed by atoms with van der Waals surface area (Å²) in [6.07, 6.45) is 0. The number of ether oxygens (including phenoxy) is 3. The van der Waals surface area contributed by atoms with E-state index in [2.05, 4.69) is 16.0 Å². The first kappa shape index (κ1) is 25.1. The molecule has 1 unspecified atom stereocenters. The fourth-order valence-electron chi connectivity index (χ4n) is 4.12. The van der Waals surface area contributed by atoms with Crippen molar-refractivity contribution < 1.29 is 28.6 Å². The highest BCUT2D eigenvalue weighted by Gasteiger charge is 2.34.